The van der Waals surface area contributed by atoms with Gasteiger partial charge in [0.05, 0.1) is 6.61 Å². The normalized spacial score (nSPS) is 17.1. The van der Waals surface area contributed by atoms with Gasteiger partial charge in [-0.15, -0.1) is 0 Å². The maximum absolute atomic E-state index is 11.9. The van der Waals surface area contributed by atoms with Gasteiger partial charge < -0.3 is 9.64 Å². The van der Waals surface area contributed by atoms with Crippen LogP contribution in [0.3, 0.4) is 0 Å². The van der Waals surface area contributed by atoms with Crippen LogP contribution in [0.5, 0.6) is 0 Å². The van der Waals surface area contributed by atoms with Crippen LogP contribution in [0.1, 0.15) is 24.5 Å². The molecule has 0 unspecified atom stereocenters. The third kappa shape index (κ3) is 2.31. The molecule has 3 nitrogen and oxygen atoms in total. The Labute approximate surface area is 135 Å². The number of ether oxygens (including phenoxy) is 1. The predicted molar refractivity (Wildman–Crippen MR) is 85.7 cm³/mol. The first-order chi connectivity index (χ1) is 9.61. The second kappa shape index (κ2) is 5.53. The fourth-order valence-corrected chi connectivity index (χ4v) is 4.01. The Bertz CT molecular complexity index is 610. The van der Waals surface area contributed by atoms with E-state index in [-0.39, 0.29) is 6.09 Å². The Morgan fingerprint density at radius 1 is 1.35 bits per heavy atom. The zero-order valence-corrected chi connectivity index (χ0v) is 14.4. The summed E-state index contributed by atoms with van der Waals surface area (Å²) in [6.45, 7) is 3.66. The van der Waals surface area contributed by atoms with E-state index in [1.165, 1.54) is 22.3 Å². The molecule has 0 bridgehead atoms. The highest BCUT2D eigenvalue weighted by atomic mass is 79.9. The van der Waals surface area contributed by atoms with Gasteiger partial charge in [0.1, 0.15) is 0 Å². The van der Waals surface area contributed by atoms with Gasteiger partial charge in [0.15, 0.2) is 0 Å². The lowest BCUT2D eigenvalue weighted by Gasteiger charge is -2.28. The van der Waals surface area contributed by atoms with Crippen molar-refractivity contribution in [1.29, 1.82) is 0 Å². The first kappa shape index (κ1) is 14.1. The first-order valence-corrected chi connectivity index (χ1v) is 8.30. The average molecular weight is 401 g/mol. The van der Waals surface area contributed by atoms with Crippen LogP contribution < -0.4 is 0 Å². The van der Waals surface area contributed by atoms with Crippen molar-refractivity contribution in [2.45, 2.75) is 19.8 Å². The van der Waals surface area contributed by atoms with Gasteiger partial charge in [-0.3, -0.25) is 0 Å². The molecule has 0 atom stereocenters. The molecule has 0 radical (unpaired) electrons. The lowest BCUT2D eigenvalue weighted by atomic mass is 10.0. The van der Waals surface area contributed by atoms with Gasteiger partial charge >= 0.3 is 6.09 Å². The van der Waals surface area contributed by atoms with Gasteiger partial charge in [-0.2, -0.15) is 0 Å². The number of halogens is 2. The molecule has 0 fully saturated rings. The monoisotopic (exact) mass is 399 g/mol. The summed E-state index contributed by atoms with van der Waals surface area (Å²) in [6, 6.07) is 4.13. The molecule has 5 heteroatoms. The summed E-state index contributed by atoms with van der Waals surface area (Å²) in [6.07, 6.45) is 1.71. The van der Waals surface area contributed by atoms with Crippen molar-refractivity contribution in [2.75, 3.05) is 19.7 Å². The number of rotatable bonds is 1. The summed E-state index contributed by atoms with van der Waals surface area (Å²) in [5.41, 5.74) is 5.32. The fourth-order valence-electron chi connectivity index (χ4n) is 2.93. The number of carbonyl (C=O) groups is 1. The summed E-state index contributed by atoms with van der Waals surface area (Å²) >= 11 is 7.27. The molecule has 1 aliphatic heterocycles. The zero-order chi connectivity index (χ0) is 14.3. The van der Waals surface area contributed by atoms with Crippen LogP contribution in [0.2, 0.25) is 0 Å². The topological polar surface area (TPSA) is 29.5 Å². The molecule has 1 aromatic carbocycles. The molecule has 1 heterocycles. The summed E-state index contributed by atoms with van der Waals surface area (Å²) in [5, 5.41) is 0. The van der Waals surface area contributed by atoms with Gasteiger partial charge in [-0.1, -0.05) is 37.4 Å². The zero-order valence-electron chi connectivity index (χ0n) is 11.2. The van der Waals surface area contributed by atoms with Gasteiger partial charge in [-0.05, 0) is 48.6 Å². The van der Waals surface area contributed by atoms with E-state index in [0.29, 0.717) is 13.2 Å². The van der Waals surface area contributed by atoms with Crippen LogP contribution in [-0.2, 0) is 11.2 Å². The Morgan fingerprint density at radius 2 is 2.10 bits per heavy atom. The van der Waals surface area contributed by atoms with E-state index in [9.17, 15) is 4.79 Å². The molecule has 1 aliphatic carbocycles. The summed E-state index contributed by atoms with van der Waals surface area (Å²) in [5.74, 6) is 0. The molecular formula is C15H15Br2NO2. The fraction of sp³-hybridized carbons (Fsp3) is 0.400. The average Bonchev–Trinajstić information content (AvgIpc) is 2.83. The highest BCUT2D eigenvalue weighted by Crippen LogP contribution is 2.44. The quantitative estimate of drug-likeness (QED) is 0.699. The van der Waals surface area contributed by atoms with E-state index < -0.39 is 0 Å². The summed E-state index contributed by atoms with van der Waals surface area (Å²) < 4.78 is 7.36. The number of nitrogens with zero attached hydrogens (tertiary/aromatic N) is 1. The molecule has 20 heavy (non-hydrogen) atoms. The van der Waals surface area contributed by atoms with Crippen LogP contribution in [0.15, 0.2) is 26.7 Å². The van der Waals surface area contributed by atoms with Crippen LogP contribution in [0.25, 0.3) is 5.57 Å². The first-order valence-electron chi connectivity index (χ1n) is 6.71. The molecular weight excluding hydrogens is 386 g/mol. The smallest absolute Gasteiger partial charge is 0.410 e. The van der Waals surface area contributed by atoms with Crippen LogP contribution in [-0.4, -0.2) is 30.7 Å². The molecule has 0 spiro atoms. The highest BCUT2D eigenvalue weighted by molar-refractivity contribution is 9.11. The number of carbonyl (C=O) groups excluding carboxylic acids is 1. The number of hydrogen-bond acceptors (Lipinski definition) is 2. The SMILES string of the molecule is CCOC(=O)N1CCC2=C(C1)c1c(Br)ccc(Br)c1C2. The standard InChI is InChI=1S/C15H15Br2NO2/c1-2-20-15(19)18-6-5-9-7-10-12(16)3-4-13(17)14(10)11(9)8-18/h3-4H,2,5-8H2,1H3. The van der Waals surface area contributed by atoms with Gasteiger partial charge in [0.25, 0.3) is 0 Å². The van der Waals surface area contributed by atoms with Crippen molar-refractivity contribution in [3.05, 3.63) is 37.8 Å². The van der Waals surface area contributed by atoms with Crippen molar-refractivity contribution in [2.24, 2.45) is 0 Å². The van der Waals surface area contributed by atoms with Gasteiger partial charge in [0, 0.05) is 22.0 Å². The minimum atomic E-state index is -0.210. The minimum Gasteiger partial charge on any atom is -0.450 e. The molecule has 0 aromatic heterocycles. The molecule has 0 N–H and O–H groups in total. The minimum absolute atomic E-state index is 0.210. The predicted octanol–water partition coefficient (Wildman–Crippen LogP) is 4.38. The van der Waals surface area contributed by atoms with E-state index >= 15 is 0 Å². The van der Waals surface area contributed by atoms with E-state index in [4.69, 9.17) is 4.74 Å². The van der Waals surface area contributed by atoms with Gasteiger partial charge in [0.2, 0.25) is 0 Å². The molecule has 3 rings (SSSR count). The van der Waals surface area contributed by atoms with Crippen molar-refractivity contribution < 1.29 is 9.53 Å². The van der Waals surface area contributed by atoms with Crippen LogP contribution in [0.4, 0.5) is 4.79 Å². The number of benzene rings is 1. The second-order valence-electron chi connectivity index (χ2n) is 5.01. The lowest BCUT2D eigenvalue weighted by Crippen LogP contribution is -2.36. The van der Waals surface area contributed by atoms with Crippen LogP contribution in [0, 0.1) is 0 Å². The third-order valence-corrected chi connectivity index (χ3v) is 5.29. The second-order valence-corrected chi connectivity index (χ2v) is 6.72. The van der Waals surface area contributed by atoms with Crippen molar-refractivity contribution in [3.63, 3.8) is 0 Å². The van der Waals surface area contributed by atoms with Crippen molar-refractivity contribution in [3.8, 4) is 0 Å². The summed E-state index contributed by atoms with van der Waals surface area (Å²) in [7, 11) is 0. The Morgan fingerprint density at radius 3 is 2.85 bits per heavy atom. The third-order valence-electron chi connectivity index (χ3n) is 3.88. The van der Waals surface area contributed by atoms with Crippen LogP contribution >= 0.6 is 31.9 Å². The molecule has 1 amide bonds. The van der Waals surface area contributed by atoms with Crippen molar-refractivity contribution >= 4 is 43.5 Å². The molecule has 1 aromatic rings. The Hall–Kier alpha value is -0.810. The Kier molecular flexibility index (Phi) is 3.91. The molecule has 106 valence electrons. The highest BCUT2D eigenvalue weighted by Gasteiger charge is 2.31. The van der Waals surface area contributed by atoms with Crippen molar-refractivity contribution in [1.82, 2.24) is 4.90 Å². The van der Waals surface area contributed by atoms with E-state index in [1.807, 2.05) is 6.92 Å². The number of hydrogen-bond donors (Lipinski definition) is 0. The number of amides is 1. The summed E-state index contributed by atoms with van der Waals surface area (Å²) in [4.78, 5) is 13.7. The molecule has 0 saturated heterocycles. The van der Waals surface area contributed by atoms with E-state index in [2.05, 4.69) is 44.0 Å². The maximum atomic E-state index is 11.9. The van der Waals surface area contributed by atoms with Gasteiger partial charge in [-0.25, -0.2) is 4.79 Å². The largest absolute Gasteiger partial charge is 0.450 e. The molecule has 2 aliphatic rings. The van der Waals surface area contributed by atoms with E-state index in [0.717, 1.165) is 28.3 Å². The molecule has 0 saturated carbocycles. The number of fused-ring (bicyclic) bond motifs is 2. The lowest BCUT2D eigenvalue weighted by molar-refractivity contribution is 0.111. The maximum Gasteiger partial charge on any atom is 0.410 e. The Balaban J connectivity index is 1.93. The van der Waals surface area contributed by atoms with E-state index in [1.54, 1.807) is 4.90 Å².